The van der Waals surface area contributed by atoms with E-state index in [9.17, 15) is 31.2 Å². The third kappa shape index (κ3) is 6.46. The van der Waals surface area contributed by atoms with Gasteiger partial charge in [0.05, 0.1) is 16.7 Å². The molecule has 3 aromatic rings. The molecule has 0 unspecified atom stereocenters. The molecule has 3 rings (SSSR count). The Morgan fingerprint density at radius 2 is 1.67 bits per heavy atom. The number of hydrazine groups is 1. The first-order valence-electron chi connectivity index (χ1n) is 9.17. The first-order chi connectivity index (χ1) is 15.5. The first kappa shape index (κ1) is 23.6. The van der Waals surface area contributed by atoms with Crippen molar-refractivity contribution in [2.45, 2.75) is 11.1 Å². The second-order valence-electron chi connectivity index (χ2n) is 6.51. The van der Waals surface area contributed by atoms with Crippen molar-refractivity contribution in [2.75, 3.05) is 4.72 Å². The number of hydrogen-bond acceptors (Lipinski definition) is 5. The monoisotopic (exact) mass is 479 g/mol. The van der Waals surface area contributed by atoms with Crippen molar-refractivity contribution in [3.8, 4) is 0 Å². The SMILES string of the molecule is O=C(C=Cc1ccc(S(=O)(=O)Nc2cccc(C(F)(F)F)c2)cc1)NNC(=O)c1ccco1. The fourth-order valence-electron chi connectivity index (χ4n) is 2.53. The fourth-order valence-corrected chi connectivity index (χ4v) is 3.58. The predicted octanol–water partition coefficient (Wildman–Crippen LogP) is 3.57. The molecule has 2 amide bonds. The highest BCUT2D eigenvalue weighted by atomic mass is 32.2. The summed E-state index contributed by atoms with van der Waals surface area (Å²) in [5, 5.41) is 0. The van der Waals surface area contributed by atoms with E-state index in [0.717, 1.165) is 18.2 Å². The van der Waals surface area contributed by atoms with Crippen molar-refractivity contribution in [1.29, 1.82) is 0 Å². The van der Waals surface area contributed by atoms with E-state index in [1.807, 2.05) is 0 Å². The van der Waals surface area contributed by atoms with Crippen LogP contribution in [0, 0.1) is 0 Å². The molecule has 0 spiro atoms. The lowest BCUT2D eigenvalue weighted by atomic mass is 10.2. The lowest BCUT2D eigenvalue weighted by molar-refractivity contribution is -0.137. The van der Waals surface area contributed by atoms with Crippen LogP contribution in [0.5, 0.6) is 0 Å². The number of carbonyl (C=O) groups excluding carboxylic acids is 2. The largest absolute Gasteiger partial charge is 0.459 e. The van der Waals surface area contributed by atoms with Gasteiger partial charge in [0.1, 0.15) is 0 Å². The number of benzene rings is 2. The number of amides is 2. The number of nitrogens with one attached hydrogen (secondary N) is 3. The van der Waals surface area contributed by atoms with Gasteiger partial charge in [-0.2, -0.15) is 13.2 Å². The Hall–Kier alpha value is -4.06. The van der Waals surface area contributed by atoms with E-state index in [2.05, 4.69) is 15.6 Å². The highest BCUT2D eigenvalue weighted by Crippen LogP contribution is 2.31. The average molecular weight is 479 g/mol. The van der Waals surface area contributed by atoms with Gasteiger partial charge < -0.3 is 4.42 Å². The van der Waals surface area contributed by atoms with Gasteiger partial charge in [-0.3, -0.25) is 25.2 Å². The van der Waals surface area contributed by atoms with Crippen molar-refractivity contribution in [1.82, 2.24) is 10.9 Å². The van der Waals surface area contributed by atoms with Crippen molar-refractivity contribution in [3.05, 3.63) is 89.9 Å². The minimum atomic E-state index is -4.61. The minimum absolute atomic E-state index is 0.00909. The molecular formula is C21H16F3N3O5S. The third-order valence-corrected chi connectivity index (χ3v) is 5.50. The molecule has 3 N–H and O–H groups in total. The van der Waals surface area contributed by atoms with E-state index >= 15 is 0 Å². The zero-order valence-electron chi connectivity index (χ0n) is 16.6. The summed E-state index contributed by atoms with van der Waals surface area (Å²) in [6.07, 6.45) is -0.837. The molecule has 0 radical (unpaired) electrons. The molecule has 1 aromatic heterocycles. The maximum atomic E-state index is 12.8. The number of carbonyl (C=O) groups is 2. The van der Waals surface area contributed by atoms with Crippen LogP contribution >= 0.6 is 0 Å². The Balaban J connectivity index is 1.61. The van der Waals surface area contributed by atoms with Gasteiger partial charge in [0.15, 0.2) is 5.76 Å². The molecule has 0 bridgehead atoms. The zero-order valence-corrected chi connectivity index (χ0v) is 17.4. The normalized spacial score (nSPS) is 11.8. The molecule has 172 valence electrons. The molecule has 0 fully saturated rings. The van der Waals surface area contributed by atoms with Gasteiger partial charge in [0.25, 0.3) is 15.9 Å². The van der Waals surface area contributed by atoms with E-state index in [0.29, 0.717) is 11.6 Å². The highest BCUT2D eigenvalue weighted by molar-refractivity contribution is 7.92. The van der Waals surface area contributed by atoms with Crippen LogP contribution in [-0.2, 0) is 21.0 Å². The van der Waals surface area contributed by atoms with Crippen molar-refractivity contribution in [3.63, 3.8) is 0 Å². The molecule has 0 aliphatic heterocycles. The minimum Gasteiger partial charge on any atom is -0.459 e. The second kappa shape index (κ2) is 9.61. The number of hydrogen-bond donors (Lipinski definition) is 3. The zero-order chi connectivity index (χ0) is 24.1. The van der Waals surface area contributed by atoms with Gasteiger partial charge >= 0.3 is 12.1 Å². The van der Waals surface area contributed by atoms with Crippen LogP contribution < -0.4 is 15.6 Å². The maximum Gasteiger partial charge on any atom is 0.416 e. The van der Waals surface area contributed by atoms with Gasteiger partial charge in [0.2, 0.25) is 0 Å². The van der Waals surface area contributed by atoms with Gasteiger partial charge in [-0.1, -0.05) is 18.2 Å². The van der Waals surface area contributed by atoms with E-state index in [-0.39, 0.29) is 16.3 Å². The van der Waals surface area contributed by atoms with Crippen LogP contribution in [0.3, 0.4) is 0 Å². The lowest BCUT2D eigenvalue weighted by Crippen LogP contribution is -2.40. The molecule has 12 heteroatoms. The van der Waals surface area contributed by atoms with E-state index in [4.69, 9.17) is 4.42 Å². The molecular weight excluding hydrogens is 463 g/mol. The summed E-state index contributed by atoms with van der Waals surface area (Å²) in [4.78, 5) is 23.3. The van der Waals surface area contributed by atoms with E-state index in [1.165, 1.54) is 54.8 Å². The molecule has 8 nitrogen and oxygen atoms in total. The highest BCUT2D eigenvalue weighted by Gasteiger charge is 2.30. The molecule has 33 heavy (non-hydrogen) atoms. The predicted molar refractivity (Wildman–Crippen MR) is 112 cm³/mol. The number of rotatable bonds is 6. The van der Waals surface area contributed by atoms with Crippen molar-refractivity contribution in [2.24, 2.45) is 0 Å². The Labute approximate surface area is 186 Å². The van der Waals surface area contributed by atoms with E-state index < -0.39 is 33.6 Å². The van der Waals surface area contributed by atoms with E-state index in [1.54, 1.807) is 0 Å². The van der Waals surface area contributed by atoms with Gasteiger partial charge in [-0.05, 0) is 54.1 Å². The molecule has 0 aliphatic rings. The Kier molecular flexibility index (Phi) is 6.87. The molecule has 0 saturated carbocycles. The van der Waals surface area contributed by atoms with Crippen molar-refractivity contribution < 1.29 is 35.6 Å². The molecule has 0 saturated heterocycles. The number of sulfonamides is 1. The quantitative estimate of drug-likeness (QED) is 0.369. The molecule has 1 heterocycles. The number of halogens is 3. The number of furan rings is 1. The molecule has 0 atom stereocenters. The first-order valence-corrected chi connectivity index (χ1v) is 10.6. The summed E-state index contributed by atoms with van der Waals surface area (Å²) >= 11 is 0. The summed E-state index contributed by atoms with van der Waals surface area (Å²) in [7, 11) is -4.14. The topological polar surface area (TPSA) is 118 Å². The molecule has 2 aromatic carbocycles. The Bertz CT molecular complexity index is 1270. The maximum absolute atomic E-state index is 12.8. The second-order valence-corrected chi connectivity index (χ2v) is 8.19. The number of anilines is 1. The lowest BCUT2D eigenvalue weighted by Gasteiger charge is -2.11. The smallest absolute Gasteiger partial charge is 0.416 e. The summed E-state index contributed by atoms with van der Waals surface area (Å²) in [6.45, 7) is 0. The van der Waals surface area contributed by atoms with Crippen LogP contribution in [0.2, 0.25) is 0 Å². The average Bonchev–Trinajstić information content (AvgIpc) is 3.31. The summed E-state index contributed by atoms with van der Waals surface area (Å²) in [6, 6.07) is 12.0. The Morgan fingerprint density at radius 1 is 0.939 bits per heavy atom. The summed E-state index contributed by atoms with van der Waals surface area (Å²) in [5.74, 6) is -1.29. The molecule has 0 aliphatic carbocycles. The summed E-state index contributed by atoms with van der Waals surface area (Å²) < 4.78 is 70.3. The van der Waals surface area contributed by atoms with Crippen LogP contribution in [0.15, 0.2) is 82.3 Å². The van der Waals surface area contributed by atoms with Gasteiger partial charge in [0, 0.05) is 11.8 Å². The van der Waals surface area contributed by atoms with Crippen LogP contribution in [0.1, 0.15) is 21.7 Å². The number of alkyl halides is 3. The fraction of sp³-hybridized carbons (Fsp3) is 0.0476. The van der Waals surface area contributed by atoms with Crippen LogP contribution in [0.4, 0.5) is 18.9 Å². The van der Waals surface area contributed by atoms with Crippen molar-refractivity contribution >= 4 is 33.6 Å². The van der Waals surface area contributed by atoms with Crippen LogP contribution in [-0.4, -0.2) is 20.2 Å². The Morgan fingerprint density at radius 3 is 2.30 bits per heavy atom. The third-order valence-electron chi connectivity index (χ3n) is 4.10. The van der Waals surface area contributed by atoms with Gasteiger partial charge in [-0.15, -0.1) is 0 Å². The standard InChI is InChI=1S/C21H16F3N3O5S/c22-21(23,24)15-3-1-4-16(13-15)27-33(30,31)17-9-6-14(7-10-17)8-11-19(28)25-26-20(29)18-5-2-12-32-18/h1-13,27H,(H,25,28)(H,26,29). The van der Waals surface area contributed by atoms with Gasteiger partial charge in [-0.25, -0.2) is 8.42 Å². The van der Waals surface area contributed by atoms with Crippen LogP contribution in [0.25, 0.3) is 6.08 Å². The summed E-state index contributed by atoms with van der Waals surface area (Å²) in [5.41, 5.74) is 3.53.